The topological polar surface area (TPSA) is 26.3 Å². The molecule has 0 saturated heterocycles. The lowest BCUT2D eigenvalue weighted by molar-refractivity contribution is -0.150. The van der Waals surface area contributed by atoms with Crippen molar-refractivity contribution in [3.05, 3.63) is 0 Å². The molecule has 3 rings (SSSR count). The third-order valence-electron chi connectivity index (χ3n) is 8.69. The predicted octanol–water partition coefficient (Wildman–Crippen LogP) is 8.37. The fourth-order valence-corrected chi connectivity index (χ4v) is 6.81. The van der Waals surface area contributed by atoms with E-state index in [1.807, 2.05) is 0 Å². The molecule has 0 aromatic heterocycles. The van der Waals surface area contributed by atoms with Gasteiger partial charge in [0, 0.05) is 6.42 Å². The average molecular weight is 405 g/mol. The van der Waals surface area contributed by atoms with E-state index in [0.29, 0.717) is 11.8 Å². The van der Waals surface area contributed by atoms with Crippen molar-refractivity contribution in [1.82, 2.24) is 0 Å². The van der Waals surface area contributed by atoms with Gasteiger partial charge in [-0.3, -0.25) is 4.79 Å². The molecular formula is C27H48O2. The Morgan fingerprint density at radius 3 is 2.14 bits per heavy atom. The zero-order chi connectivity index (χ0) is 20.4. The Labute approximate surface area is 180 Å². The summed E-state index contributed by atoms with van der Waals surface area (Å²) < 4.78 is 5.79. The third-order valence-corrected chi connectivity index (χ3v) is 8.69. The van der Waals surface area contributed by atoms with Gasteiger partial charge in [0.1, 0.15) is 6.10 Å². The molecular weight excluding hydrogens is 356 g/mol. The minimum atomic E-state index is 0.0870. The molecule has 3 fully saturated rings. The largest absolute Gasteiger partial charge is 0.462 e. The molecule has 0 unspecified atom stereocenters. The molecule has 0 aromatic rings. The molecule has 3 aliphatic carbocycles. The summed E-state index contributed by atoms with van der Waals surface area (Å²) in [6, 6.07) is 0. The predicted molar refractivity (Wildman–Crippen MR) is 122 cm³/mol. The SMILES string of the molecule is CCCCCC1CCC(CCCC(=O)OC2CCCCC2)(C2CCCCC2)CC1. The molecule has 0 atom stereocenters. The van der Waals surface area contributed by atoms with Gasteiger partial charge in [0.05, 0.1) is 0 Å². The van der Waals surface area contributed by atoms with Crippen LogP contribution in [0.1, 0.15) is 142 Å². The molecule has 29 heavy (non-hydrogen) atoms. The minimum Gasteiger partial charge on any atom is -0.462 e. The van der Waals surface area contributed by atoms with Crippen LogP contribution in [-0.4, -0.2) is 12.1 Å². The van der Waals surface area contributed by atoms with Gasteiger partial charge in [-0.15, -0.1) is 0 Å². The van der Waals surface area contributed by atoms with Crippen molar-refractivity contribution < 1.29 is 9.53 Å². The lowest BCUT2D eigenvalue weighted by Crippen LogP contribution is -2.36. The number of hydrogen-bond donors (Lipinski definition) is 0. The third kappa shape index (κ3) is 7.28. The summed E-state index contributed by atoms with van der Waals surface area (Å²) >= 11 is 0. The molecule has 0 aromatic carbocycles. The van der Waals surface area contributed by atoms with Crippen LogP contribution >= 0.6 is 0 Å². The zero-order valence-electron chi connectivity index (χ0n) is 19.4. The van der Waals surface area contributed by atoms with E-state index >= 15 is 0 Å². The molecule has 0 bridgehead atoms. The van der Waals surface area contributed by atoms with E-state index in [2.05, 4.69) is 6.92 Å². The number of unbranched alkanes of at least 4 members (excludes halogenated alkanes) is 2. The summed E-state index contributed by atoms with van der Waals surface area (Å²) in [5.41, 5.74) is 0.548. The monoisotopic (exact) mass is 404 g/mol. The first kappa shape index (κ1) is 23.1. The molecule has 3 aliphatic rings. The van der Waals surface area contributed by atoms with Crippen molar-refractivity contribution in [2.24, 2.45) is 17.3 Å². The number of hydrogen-bond acceptors (Lipinski definition) is 2. The lowest BCUT2D eigenvalue weighted by atomic mass is 9.58. The van der Waals surface area contributed by atoms with E-state index in [0.717, 1.165) is 31.1 Å². The molecule has 0 spiro atoms. The molecule has 2 heteroatoms. The van der Waals surface area contributed by atoms with E-state index in [9.17, 15) is 4.79 Å². The van der Waals surface area contributed by atoms with E-state index in [1.165, 1.54) is 109 Å². The van der Waals surface area contributed by atoms with Crippen LogP contribution < -0.4 is 0 Å². The van der Waals surface area contributed by atoms with Crippen molar-refractivity contribution in [1.29, 1.82) is 0 Å². The molecule has 2 nitrogen and oxygen atoms in total. The van der Waals surface area contributed by atoms with Crippen LogP contribution in [0.3, 0.4) is 0 Å². The summed E-state index contributed by atoms with van der Waals surface area (Å²) in [6.45, 7) is 2.31. The summed E-state index contributed by atoms with van der Waals surface area (Å²) in [4.78, 5) is 12.4. The van der Waals surface area contributed by atoms with Crippen molar-refractivity contribution in [3.63, 3.8) is 0 Å². The lowest BCUT2D eigenvalue weighted by Gasteiger charge is -2.47. The van der Waals surface area contributed by atoms with Crippen LogP contribution in [0.5, 0.6) is 0 Å². The van der Waals surface area contributed by atoms with Crippen LogP contribution in [-0.2, 0) is 9.53 Å². The summed E-state index contributed by atoms with van der Waals surface area (Å²) in [6.07, 6.45) is 27.9. The van der Waals surface area contributed by atoms with Crippen molar-refractivity contribution >= 4 is 5.97 Å². The number of carbonyl (C=O) groups is 1. The highest BCUT2D eigenvalue weighted by Gasteiger charge is 2.41. The van der Waals surface area contributed by atoms with Gasteiger partial charge < -0.3 is 4.74 Å². The first-order valence-corrected chi connectivity index (χ1v) is 13.4. The highest BCUT2D eigenvalue weighted by Crippen LogP contribution is 2.53. The van der Waals surface area contributed by atoms with Gasteiger partial charge in [-0.05, 0) is 94.3 Å². The number of esters is 1. The number of ether oxygens (including phenoxy) is 1. The highest BCUT2D eigenvalue weighted by atomic mass is 16.5. The quantitative estimate of drug-likeness (QED) is 0.270. The standard InChI is InChI=1S/C27H48O2/c1-2-3-6-12-23-18-21-27(22-19-23,24-13-7-4-8-14-24)20-11-17-26(28)29-25-15-9-5-10-16-25/h23-25H,2-22H2,1H3. The normalized spacial score (nSPS) is 29.6. The van der Waals surface area contributed by atoms with Crippen LogP contribution in [0.15, 0.2) is 0 Å². The first-order chi connectivity index (χ1) is 14.2. The smallest absolute Gasteiger partial charge is 0.306 e. The average Bonchev–Trinajstić information content (AvgIpc) is 2.76. The molecule has 0 radical (unpaired) electrons. The van der Waals surface area contributed by atoms with Crippen molar-refractivity contribution in [2.75, 3.05) is 0 Å². The van der Waals surface area contributed by atoms with Gasteiger partial charge in [-0.1, -0.05) is 58.3 Å². The van der Waals surface area contributed by atoms with E-state index < -0.39 is 0 Å². The maximum Gasteiger partial charge on any atom is 0.306 e. The van der Waals surface area contributed by atoms with E-state index in [1.54, 1.807) is 0 Å². The highest BCUT2D eigenvalue weighted by molar-refractivity contribution is 5.69. The van der Waals surface area contributed by atoms with Crippen LogP contribution in [0.4, 0.5) is 0 Å². The van der Waals surface area contributed by atoms with Crippen LogP contribution in [0.2, 0.25) is 0 Å². The number of rotatable bonds is 10. The first-order valence-electron chi connectivity index (χ1n) is 13.4. The molecule has 0 heterocycles. The minimum absolute atomic E-state index is 0.0870. The van der Waals surface area contributed by atoms with Crippen molar-refractivity contribution in [2.45, 2.75) is 148 Å². The Morgan fingerprint density at radius 2 is 1.48 bits per heavy atom. The van der Waals surface area contributed by atoms with Crippen LogP contribution in [0.25, 0.3) is 0 Å². The van der Waals surface area contributed by atoms with Crippen molar-refractivity contribution in [3.8, 4) is 0 Å². The second-order valence-corrected chi connectivity index (χ2v) is 10.7. The zero-order valence-corrected chi connectivity index (χ0v) is 19.4. The van der Waals surface area contributed by atoms with Gasteiger partial charge in [0.2, 0.25) is 0 Å². The van der Waals surface area contributed by atoms with E-state index in [4.69, 9.17) is 4.74 Å². The molecule has 0 aliphatic heterocycles. The summed E-state index contributed by atoms with van der Waals surface area (Å²) in [5, 5.41) is 0. The molecule has 0 N–H and O–H groups in total. The Morgan fingerprint density at radius 1 is 0.828 bits per heavy atom. The fourth-order valence-electron chi connectivity index (χ4n) is 6.81. The van der Waals surface area contributed by atoms with Gasteiger partial charge >= 0.3 is 5.97 Å². The second kappa shape index (κ2) is 12.4. The molecule has 3 saturated carbocycles. The van der Waals surface area contributed by atoms with Gasteiger partial charge in [-0.2, -0.15) is 0 Å². The fraction of sp³-hybridized carbons (Fsp3) is 0.963. The Balaban J connectivity index is 1.46. The van der Waals surface area contributed by atoms with Gasteiger partial charge in [-0.25, -0.2) is 0 Å². The second-order valence-electron chi connectivity index (χ2n) is 10.7. The summed E-state index contributed by atoms with van der Waals surface area (Å²) in [5.74, 6) is 2.00. The number of carbonyl (C=O) groups excluding carboxylic acids is 1. The van der Waals surface area contributed by atoms with Crippen LogP contribution in [0, 0.1) is 17.3 Å². The molecule has 0 amide bonds. The maximum absolute atomic E-state index is 12.4. The van der Waals surface area contributed by atoms with Gasteiger partial charge in [0.25, 0.3) is 0 Å². The Bertz CT molecular complexity index is 451. The van der Waals surface area contributed by atoms with Gasteiger partial charge in [0.15, 0.2) is 0 Å². The van der Waals surface area contributed by atoms with E-state index in [-0.39, 0.29) is 12.1 Å². The summed E-state index contributed by atoms with van der Waals surface area (Å²) in [7, 11) is 0. The molecule has 168 valence electrons. The maximum atomic E-state index is 12.4. The Kier molecular flexibility index (Phi) is 9.86. The Hall–Kier alpha value is -0.530.